The molecule has 1 N–H and O–H groups in total. The zero-order chi connectivity index (χ0) is 15.2. The summed E-state index contributed by atoms with van der Waals surface area (Å²) in [4.78, 5) is 12.2. The average molecular weight is 283 g/mol. The number of ether oxygens (including phenoxy) is 1. The van der Waals surface area contributed by atoms with Gasteiger partial charge in [-0.05, 0) is 29.7 Å². The number of hydrogen-bond acceptors (Lipinski definition) is 2. The van der Waals surface area contributed by atoms with Crippen LogP contribution in [-0.2, 0) is 0 Å². The summed E-state index contributed by atoms with van der Waals surface area (Å²) in [6.45, 7) is 4.82. The lowest BCUT2D eigenvalue weighted by Crippen LogP contribution is -2.27. The van der Waals surface area contributed by atoms with Crippen LogP contribution in [0.15, 0.2) is 48.5 Å². The molecule has 3 nitrogen and oxygen atoms in total. The molecule has 0 atom stereocenters. The number of amides is 1. The third kappa shape index (κ3) is 3.85. The van der Waals surface area contributed by atoms with E-state index >= 15 is 0 Å². The number of nitrogens with one attached hydrogen (secondary N) is 1. The van der Waals surface area contributed by atoms with Gasteiger partial charge in [0.05, 0.1) is 7.11 Å². The fourth-order valence-electron chi connectivity index (χ4n) is 2.09. The van der Waals surface area contributed by atoms with Crippen molar-refractivity contribution in [3.63, 3.8) is 0 Å². The Labute approximate surface area is 126 Å². The van der Waals surface area contributed by atoms with E-state index < -0.39 is 0 Å². The molecule has 0 saturated heterocycles. The highest BCUT2D eigenvalue weighted by Gasteiger charge is 2.11. The highest BCUT2D eigenvalue weighted by atomic mass is 16.5. The van der Waals surface area contributed by atoms with Crippen molar-refractivity contribution in [3.05, 3.63) is 54.1 Å². The van der Waals surface area contributed by atoms with E-state index in [1.165, 1.54) is 0 Å². The molecule has 3 heteroatoms. The molecule has 0 fully saturated rings. The van der Waals surface area contributed by atoms with E-state index in [0.717, 1.165) is 16.9 Å². The predicted octanol–water partition coefficient (Wildman–Crippen LogP) is 3.75. The highest BCUT2D eigenvalue weighted by molar-refractivity contribution is 5.96. The molecule has 0 radical (unpaired) electrons. The Balaban J connectivity index is 2.32. The van der Waals surface area contributed by atoms with Gasteiger partial charge in [0.25, 0.3) is 5.91 Å². The first kappa shape index (κ1) is 15.1. The first-order chi connectivity index (χ1) is 10.1. The van der Waals surface area contributed by atoms with Gasteiger partial charge in [0.1, 0.15) is 5.75 Å². The zero-order valence-electron chi connectivity index (χ0n) is 12.7. The van der Waals surface area contributed by atoms with Crippen LogP contribution in [0.25, 0.3) is 11.1 Å². The van der Waals surface area contributed by atoms with E-state index in [4.69, 9.17) is 4.74 Å². The first-order valence-electron chi connectivity index (χ1n) is 7.13. The van der Waals surface area contributed by atoms with Gasteiger partial charge in [-0.2, -0.15) is 0 Å². The monoisotopic (exact) mass is 283 g/mol. The lowest BCUT2D eigenvalue weighted by molar-refractivity contribution is 0.0949. The molecular formula is C18H21NO2. The lowest BCUT2D eigenvalue weighted by Gasteiger charge is -2.12. The van der Waals surface area contributed by atoms with Crippen LogP contribution < -0.4 is 10.1 Å². The second-order valence-electron chi connectivity index (χ2n) is 5.38. The fraction of sp³-hybridized carbons (Fsp3) is 0.278. The number of carbonyl (C=O) groups is 1. The third-order valence-electron chi connectivity index (χ3n) is 3.22. The van der Waals surface area contributed by atoms with Gasteiger partial charge in [0, 0.05) is 17.7 Å². The van der Waals surface area contributed by atoms with Gasteiger partial charge in [-0.1, -0.05) is 44.2 Å². The molecule has 0 spiro atoms. The van der Waals surface area contributed by atoms with Gasteiger partial charge in [0.15, 0.2) is 0 Å². The third-order valence-corrected chi connectivity index (χ3v) is 3.22. The minimum absolute atomic E-state index is 0.0523. The van der Waals surface area contributed by atoms with Crippen LogP contribution in [0.3, 0.4) is 0 Å². The molecule has 2 rings (SSSR count). The predicted molar refractivity (Wildman–Crippen MR) is 85.6 cm³/mol. The quantitative estimate of drug-likeness (QED) is 0.907. The molecule has 0 unspecified atom stereocenters. The summed E-state index contributed by atoms with van der Waals surface area (Å²) in [6, 6.07) is 15.4. The van der Waals surface area contributed by atoms with Crippen molar-refractivity contribution in [3.8, 4) is 16.9 Å². The van der Waals surface area contributed by atoms with Gasteiger partial charge in [0.2, 0.25) is 0 Å². The number of rotatable bonds is 5. The Morgan fingerprint density at radius 1 is 1.14 bits per heavy atom. The van der Waals surface area contributed by atoms with Crippen LogP contribution in [0.1, 0.15) is 24.2 Å². The van der Waals surface area contributed by atoms with Gasteiger partial charge >= 0.3 is 0 Å². The molecule has 0 saturated carbocycles. The second kappa shape index (κ2) is 6.93. The van der Waals surface area contributed by atoms with Crippen LogP contribution in [0.5, 0.6) is 5.75 Å². The van der Waals surface area contributed by atoms with Crippen LogP contribution in [0.4, 0.5) is 0 Å². The van der Waals surface area contributed by atoms with E-state index in [1.54, 1.807) is 13.2 Å². The molecule has 0 bridgehead atoms. The van der Waals surface area contributed by atoms with E-state index in [-0.39, 0.29) is 5.91 Å². The summed E-state index contributed by atoms with van der Waals surface area (Å²) in [5.74, 6) is 1.14. The Hall–Kier alpha value is -2.29. The van der Waals surface area contributed by atoms with Gasteiger partial charge < -0.3 is 10.1 Å². The maximum absolute atomic E-state index is 12.2. The molecule has 110 valence electrons. The SMILES string of the molecule is COc1ccc(C(=O)NCC(C)C)cc1-c1ccccc1. The summed E-state index contributed by atoms with van der Waals surface area (Å²) in [7, 11) is 1.64. The topological polar surface area (TPSA) is 38.3 Å². The Morgan fingerprint density at radius 2 is 1.86 bits per heavy atom. The zero-order valence-corrected chi connectivity index (χ0v) is 12.7. The Bertz CT molecular complexity index is 606. The van der Waals surface area contributed by atoms with Crippen molar-refractivity contribution < 1.29 is 9.53 Å². The van der Waals surface area contributed by atoms with E-state index in [9.17, 15) is 4.79 Å². The molecular weight excluding hydrogens is 262 g/mol. The number of carbonyl (C=O) groups excluding carboxylic acids is 1. The summed E-state index contributed by atoms with van der Waals surface area (Å²) < 4.78 is 5.40. The molecule has 2 aromatic rings. The summed E-state index contributed by atoms with van der Waals surface area (Å²) in [6.07, 6.45) is 0. The van der Waals surface area contributed by atoms with Crippen molar-refractivity contribution >= 4 is 5.91 Å². The molecule has 1 amide bonds. The molecule has 0 aliphatic heterocycles. The largest absolute Gasteiger partial charge is 0.496 e. The van der Waals surface area contributed by atoms with Crippen molar-refractivity contribution in [2.75, 3.05) is 13.7 Å². The maximum atomic E-state index is 12.2. The first-order valence-corrected chi connectivity index (χ1v) is 7.13. The number of methoxy groups -OCH3 is 1. The summed E-state index contributed by atoms with van der Waals surface area (Å²) in [5.41, 5.74) is 2.61. The number of hydrogen-bond donors (Lipinski definition) is 1. The number of benzene rings is 2. The highest BCUT2D eigenvalue weighted by Crippen LogP contribution is 2.30. The van der Waals surface area contributed by atoms with Gasteiger partial charge in [-0.15, -0.1) is 0 Å². The van der Waals surface area contributed by atoms with Crippen LogP contribution in [0.2, 0.25) is 0 Å². The Morgan fingerprint density at radius 3 is 2.48 bits per heavy atom. The van der Waals surface area contributed by atoms with Crippen LogP contribution >= 0.6 is 0 Å². The molecule has 21 heavy (non-hydrogen) atoms. The minimum atomic E-state index is -0.0523. The molecule has 0 heterocycles. The van der Waals surface area contributed by atoms with Gasteiger partial charge in [-0.25, -0.2) is 0 Å². The normalized spacial score (nSPS) is 10.5. The van der Waals surface area contributed by atoms with Crippen LogP contribution in [0, 0.1) is 5.92 Å². The van der Waals surface area contributed by atoms with Crippen LogP contribution in [-0.4, -0.2) is 19.6 Å². The average Bonchev–Trinajstić information content (AvgIpc) is 2.52. The van der Waals surface area contributed by atoms with E-state index in [2.05, 4.69) is 19.2 Å². The molecule has 0 aliphatic rings. The van der Waals surface area contributed by atoms with Crippen molar-refractivity contribution in [2.24, 2.45) is 5.92 Å². The van der Waals surface area contributed by atoms with Gasteiger partial charge in [-0.3, -0.25) is 4.79 Å². The van der Waals surface area contributed by atoms with Crippen molar-refractivity contribution in [1.82, 2.24) is 5.32 Å². The standard InChI is InChI=1S/C18H21NO2/c1-13(2)12-19-18(20)15-9-10-17(21-3)16(11-15)14-7-5-4-6-8-14/h4-11,13H,12H2,1-3H3,(H,19,20). The van der Waals surface area contributed by atoms with E-state index in [1.807, 2.05) is 42.5 Å². The summed E-state index contributed by atoms with van der Waals surface area (Å²) >= 11 is 0. The Kier molecular flexibility index (Phi) is 4.99. The van der Waals surface area contributed by atoms with Crippen molar-refractivity contribution in [1.29, 1.82) is 0 Å². The smallest absolute Gasteiger partial charge is 0.251 e. The molecule has 0 aromatic heterocycles. The second-order valence-corrected chi connectivity index (χ2v) is 5.38. The molecule has 2 aromatic carbocycles. The van der Waals surface area contributed by atoms with E-state index in [0.29, 0.717) is 18.0 Å². The fourth-order valence-corrected chi connectivity index (χ4v) is 2.09. The van der Waals surface area contributed by atoms with Crippen molar-refractivity contribution in [2.45, 2.75) is 13.8 Å². The maximum Gasteiger partial charge on any atom is 0.251 e. The summed E-state index contributed by atoms with van der Waals surface area (Å²) in [5, 5.41) is 2.93. The molecule has 0 aliphatic carbocycles. The minimum Gasteiger partial charge on any atom is -0.496 e. The lowest BCUT2D eigenvalue weighted by atomic mass is 10.0.